The molecule has 0 aromatic heterocycles. The molecule has 2 aromatic carbocycles. The summed E-state index contributed by atoms with van der Waals surface area (Å²) in [6.07, 6.45) is 10.8. The average molecular weight is 407 g/mol. The molecule has 0 amide bonds. The summed E-state index contributed by atoms with van der Waals surface area (Å²) in [5, 5.41) is 0. The minimum atomic E-state index is 0.858. The van der Waals surface area contributed by atoms with Gasteiger partial charge in [-0.3, -0.25) is 0 Å². The second-order valence-electron chi connectivity index (χ2n) is 8.25. The third-order valence-corrected chi connectivity index (χ3v) is 5.49. The van der Waals surface area contributed by atoms with Crippen molar-refractivity contribution in [2.24, 2.45) is 0 Å². The lowest BCUT2D eigenvalue weighted by Gasteiger charge is -2.11. The van der Waals surface area contributed by atoms with Gasteiger partial charge >= 0.3 is 0 Å². The van der Waals surface area contributed by atoms with E-state index in [2.05, 4.69) is 70.7 Å². The van der Waals surface area contributed by atoms with Gasteiger partial charge in [0.2, 0.25) is 0 Å². The van der Waals surface area contributed by atoms with Crippen LogP contribution in [0.1, 0.15) is 93.0 Å². The number of rotatable bonds is 10. The van der Waals surface area contributed by atoms with Crippen molar-refractivity contribution in [2.45, 2.75) is 92.9 Å². The van der Waals surface area contributed by atoms with Crippen LogP contribution < -0.4 is 4.74 Å². The Morgan fingerprint density at radius 1 is 0.733 bits per heavy atom. The van der Waals surface area contributed by atoms with E-state index in [0.29, 0.717) is 0 Å². The molecule has 0 fully saturated rings. The number of unbranched alkanes of at least 4 members (excludes halogenated alkanes) is 7. The van der Waals surface area contributed by atoms with Gasteiger partial charge in [-0.1, -0.05) is 75.5 Å². The highest BCUT2D eigenvalue weighted by atomic mass is 16.5. The Morgan fingerprint density at radius 2 is 1.27 bits per heavy atom. The molecule has 30 heavy (non-hydrogen) atoms. The smallest absolute Gasteiger partial charge is 0.119 e. The zero-order chi connectivity index (χ0) is 22.2. The first-order valence-electron chi connectivity index (χ1n) is 11.7. The molecule has 0 saturated carbocycles. The Balaban J connectivity index is 0.000000375. The quantitative estimate of drug-likeness (QED) is 0.284. The first-order chi connectivity index (χ1) is 14.5. The Labute approximate surface area is 186 Å². The largest absolute Gasteiger partial charge is 0.494 e. The van der Waals surface area contributed by atoms with E-state index in [9.17, 15) is 0 Å². The molecule has 0 aliphatic rings. The molecule has 0 heterocycles. The summed E-state index contributed by atoms with van der Waals surface area (Å²) >= 11 is 0. The van der Waals surface area contributed by atoms with Crippen molar-refractivity contribution in [1.29, 1.82) is 0 Å². The van der Waals surface area contributed by atoms with Gasteiger partial charge in [-0.25, -0.2) is 0 Å². The molecule has 0 spiro atoms. The fourth-order valence-corrected chi connectivity index (χ4v) is 3.29. The van der Waals surface area contributed by atoms with Crippen LogP contribution in [-0.2, 0) is 0 Å². The maximum absolute atomic E-state index is 5.87. The molecule has 164 valence electrons. The van der Waals surface area contributed by atoms with Crippen molar-refractivity contribution in [2.75, 3.05) is 6.61 Å². The van der Waals surface area contributed by atoms with Crippen LogP contribution >= 0.6 is 0 Å². The summed E-state index contributed by atoms with van der Waals surface area (Å²) in [4.78, 5) is 0. The summed E-state index contributed by atoms with van der Waals surface area (Å²) in [6, 6.07) is 12.5. The molecule has 0 radical (unpaired) electrons. The van der Waals surface area contributed by atoms with Crippen molar-refractivity contribution in [3.05, 3.63) is 64.2 Å². The summed E-state index contributed by atoms with van der Waals surface area (Å²) < 4.78 is 5.87. The van der Waals surface area contributed by atoms with E-state index in [4.69, 9.17) is 4.74 Å². The molecule has 0 unspecified atom stereocenters. The van der Waals surface area contributed by atoms with Crippen molar-refractivity contribution in [3.63, 3.8) is 0 Å². The minimum absolute atomic E-state index is 0.858. The molecule has 0 N–H and O–H groups in total. The normalized spacial score (nSPS) is 9.93. The number of hydrogen-bond donors (Lipinski definition) is 0. The lowest BCUT2D eigenvalue weighted by Crippen LogP contribution is -1.99. The first-order valence-corrected chi connectivity index (χ1v) is 11.7. The van der Waals surface area contributed by atoms with E-state index >= 15 is 0 Å². The second-order valence-corrected chi connectivity index (χ2v) is 8.25. The molecule has 1 heteroatoms. The molecule has 0 aliphatic heterocycles. The topological polar surface area (TPSA) is 9.23 Å². The Kier molecular flexibility index (Phi) is 13.4. The van der Waals surface area contributed by atoms with Crippen LogP contribution in [0.2, 0.25) is 0 Å². The number of ether oxygens (including phenoxy) is 1. The third-order valence-electron chi connectivity index (χ3n) is 5.49. The van der Waals surface area contributed by atoms with Crippen molar-refractivity contribution in [3.8, 4) is 17.6 Å². The van der Waals surface area contributed by atoms with Gasteiger partial charge in [0, 0.05) is 5.56 Å². The van der Waals surface area contributed by atoms with Crippen LogP contribution in [0.25, 0.3) is 0 Å². The van der Waals surface area contributed by atoms with Crippen molar-refractivity contribution >= 4 is 0 Å². The first kappa shape index (κ1) is 25.8. The Morgan fingerprint density at radius 3 is 1.80 bits per heavy atom. The standard InChI is InChI=1S/C19H32O.C10H10/c1-5-6-7-8-9-10-11-12-13-20-19-14-16(2)18(4)17(3)15-19;1-3-4-10-7-5-9(2)6-8-10/h14-15H,5-13H2,1-4H3;5-8H,1-2H3. The fraction of sp³-hybridized carbons (Fsp3) is 0.517. The monoisotopic (exact) mass is 406 g/mol. The summed E-state index contributed by atoms with van der Waals surface area (Å²) in [7, 11) is 0. The van der Waals surface area contributed by atoms with Crippen molar-refractivity contribution in [1.82, 2.24) is 0 Å². The average Bonchev–Trinajstić information content (AvgIpc) is 2.73. The molecular formula is C29H42O. The fourth-order valence-electron chi connectivity index (χ4n) is 3.29. The Hall–Kier alpha value is -2.20. The van der Waals surface area contributed by atoms with Gasteiger partial charge in [-0.15, -0.1) is 5.92 Å². The van der Waals surface area contributed by atoms with Gasteiger partial charge < -0.3 is 4.74 Å². The van der Waals surface area contributed by atoms with E-state index in [1.54, 1.807) is 0 Å². The molecule has 0 saturated heterocycles. The van der Waals surface area contributed by atoms with E-state index in [1.807, 2.05) is 19.1 Å². The van der Waals surface area contributed by atoms with Gasteiger partial charge in [0.25, 0.3) is 0 Å². The molecule has 1 nitrogen and oxygen atoms in total. The van der Waals surface area contributed by atoms with E-state index < -0.39 is 0 Å². The van der Waals surface area contributed by atoms with Crippen LogP contribution in [0, 0.1) is 39.5 Å². The predicted molar refractivity (Wildman–Crippen MR) is 132 cm³/mol. The highest BCUT2D eigenvalue weighted by molar-refractivity contribution is 5.40. The lowest BCUT2D eigenvalue weighted by molar-refractivity contribution is 0.304. The van der Waals surface area contributed by atoms with E-state index in [1.165, 1.54) is 73.6 Å². The predicted octanol–water partition coefficient (Wildman–Crippen LogP) is 8.50. The zero-order valence-electron chi connectivity index (χ0n) is 20.2. The van der Waals surface area contributed by atoms with Crippen LogP contribution in [0.3, 0.4) is 0 Å². The van der Waals surface area contributed by atoms with Gasteiger partial charge in [0.05, 0.1) is 6.61 Å². The number of aryl methyl sites for hydroxylation is 3. The van der Waals surface area contributed by atoms with E-state index in [-0.39, 0.29) is 0 Å². The second kappa shape index (κ2) is 15.6. The van der Waals surface area contributed by atoms with Crippen LogP contribution in [-0.4, -0.2) is 6.61 Å². The number of benzene rings is 2. The van der Waals surface area contributed by atoms with Gasteiger partial charge in [-0.2, -0.15) is 0 Å². The van der Waals surface area contributed by atoms with Crippen molar-refractivity contribution < 1.29 is 4.74 Å². The van der Waals surface area contributed by atoms with Gasteiger partial charge in [0.1, 0.15) is 5.75 Å². The highest BCUT2D eigenvalue weighted by Gasteiger charge is 2.01. The summed E-state index contributed by atoms with van der Waals surface area (Å²) in [5.41, 5.74) is 6.41. The Bertz CT molecular complexity index is 751. The van der Waals surface area contributed by atoms with Crippen LogP contribution in [0.4, 0.5) is 0 Å². The number of hydrogen-bond acceptors (Lipinski definition) is 1. The van der Waals surface area contributed by atoms with Crippen LogP contribution in [0.5, 0.6) is 5.75 Å². The highest BCUT2D eigenvalue weighted by Crippen LogP contribution is 2.21. The molecule has 0 aliphatic carbocycles. The van der Waals surface area contributed by atoms with Gasteiger partial charge in [-0.05, 0) is 82.0 Å². The van der Waals surface area contributed by atoms with Crippen LogP contribution in [0.15, 0.2) is 36.4 Å². The molecule has 0 atom stereocenters. The minimum Gasteiger partial charge on any atom is -0.494 e. The van der Waals surface area contributed by atoms with Gasteiger partial charge in [0.15, 0.2) is 0 Å². The molecule has 0 bridgehead atoms. The zero-order valence-corrected chi connectivity index (χ0v) is 20.2. The maximum atomic E-state index is 5.87. The molecule has 2 aromatic rings. The lowest BCUT2D eigenvalue weighted by atomic mass is 10.0. The van der Waals surface area contributed by atoms with E-state index in [0.717, 1.165) is 17.9 Å². The maximum Gasteiger partial charge on any atom is 0.119 e. The SMILES string of the molecule is CC#Cc1ccc(C)cc1.CCCCCCCCCCOc1cc(C)c(C)c(C)c1. The summed E-state index contributed by atoms with van der Waals surface area (Å²) in [6.45, 7) is 13.5. The molecule has 2 rings (SSSR count). The third kappa shape index (κ3) is 11.1. The molecular weight excluding hydrogens is 364 g/mol. The summed E-state index contributed by atoms with van der Waals surface area (Å²) in [5.74, 6) is 6.87.